The Morgan fingerprint density at radius 2 is 1.84 bits per heavy atom. The maximum absolute atomic E-state index is 13.0. The number of nitrogens with zero attached hydrogens (tertiary/aromatic N) is 1. The summed E-state index contributed by atoms with van der Waals surface area (Å²) in [4.78, 5) is 27.6. The molecule has 1 fully saturated rings. The molecule has 7 heteroatoms. The van der Waals surface area contributed by atoms with Crippen molar-refractivity contribution in [2.75, 3.05) is 32.8 Å². The number of piperidine rings is 1. The zero-order valence-electron chi connectivity index (χ0n) is 20.2. The van der Waals surface area contributed by atoms with Gasteiger partial charge in [-0.05, 0) is 69.3 Å². The Labute approximate surface area is 192 Å². The molecule has 2 amide bonds. The average molecular weight is 448 g/mol. The molecular weight excluding hydrogens is 406 g/mol. The van der Waals surface area contributed by atoms with E-state index in [1.807, 2.05) is 17.9 Å². The van der Waals surface area contributed by atoms with Crippen molar-refractivity contribution in [2.24, 2.45) is 0 Å². The molecule has 1 aliphatic rings. The van der Waals surface area contributed by atoms with E-state index in [1.165, 1.54) is 0 Å². The minimum atomic E-state index is -0.706. The van der Waals surface area contributed by atoms with Crippen molar-refractivity contribution in [3.05, 3.63) is 34.9 Å². The maximum Gasteiger partial charge on any atom is 0.253 e. The molecule has 1 aromatic rings. The van der Waals surface area contributed by atoms with Crippen molar-refractivity contribution in [3.8, 4) is 0 Å². The van der Waals surface area contributed by atoms with E-state index in [0.29, 0.717) is 24.2 Å². The first-order valence-corrected chi connectivity index (χ1v) is 12.1. The number of carbonyl (C=O) groups excluding carboxylic acids is 2. The minimum Gasteiger partial charge on any atom is -0.390 e. The number of hydrogen-bond donors (Lipinski definition) is 3. The van der Waals surface area contributed by atoms with Gasteiger partial charge in [0.1, 0.15) is 0 Å². The topological polar surface area (TPSA) is 90.9 Å². The number of ether oxygens (including phenoxy) is 1. The number of benzene rings is 1. The predicted molar refractivity (Wildman–Crippen MR) is 127 cm³/mol. The summed E-state index contributed by atoms with van der Waals surface area (Å²) in [7, 11) is 0. The van der Waals surface area contributed by atoms with Crippen LogP contribution in [-0.4, -0.2) is 72.9 Å². The van der Waals surface area contributed by atoms with E-state index in [2.05, 4.69) is 31.4 Å². The zero-order chi connectivity index (χ0) is 23.5. The van der Waals surface area contributed by atoms with E-state index in [1.54, 1.807) is 12.1 Å². The molecule has 0 aromatic heterocycles. The third kappa shape index (κ3) is 7.87. The van der Waals surface area contributed by atoms with Crippen LogP contribution in [0.15, 0.2) is 18.2 Å². The Bertz CT molecular complexity index is 734. The molecule has 0 bridgehead atoms. The van der Waals surface area contributed by atoms with Gasteiger partial charge in [0, 0.05) is 43.4 Å². The summed E-state index contributed by atoms with van der Waals surface area (Å²) in [5.74, 6) is -0.329. The first kappa shape index (κ1) is 26.3. The molecule has 32 heavy (non-hydrogen) atoms. The molecule has 3 atom stereocenters. The van der Waals surface area contributed by atoms with E-state index in [-0.39, 0.29) is 30.5 Å². The first-order valence-electron chi connectivity index (χ1n) is 12.1. The SMILES string of the molecule is CCCO[C@H]1CCN[C@@H]([C@@H](O)CNC(=O)c2cc(C)cc(C(=O)N(CCC)CCC)c2)C1. The molecule has 1 aromatic carbocycles. The van der Waals surface area contributed by atoms with Gasteiger partial charge in [-0.25, -0.2) is 0 Å². The van der Waals surface area contributed by atoms with Crippen LogP contribution in [-0.2, 0) is 4.74 Å². The maximum atomic E-state index is 13.0. The highest BCUT2D eigenvalue weighted by atomic mass is 16.5. The van der Waals surface area contributed by atoms with Crippen LogP contribution in [0, 0.1) is 6.92 Å². The lowest BCUT2D eigenvalue weighted by Crippen LogP contribution is -2.51. The van der Waals surface area contributed by atoms with E-state index >= 15 is 0 Å². The van der Waals surface area contributed by atoms with Gasteiger partial charge in [-0.15, -0.1) is 0 Å². The Kier molecular flexibility index (Phi) is 11.1. The summed E-state index contributed by atoms with van der Waals surface area (Å²) >= 11 is 0. The van der Waals surface area contributed by atoms with Crippen LogP contribution in [0.25, 0.3) is 0 Å². The smallest absolute Gasteiger partial charge is 0.253 e. The highest BCUT2D eigenvalue weighted by molar-refractivity contribution is 6.00. The zero-order valence-corrected chi connectivity index (χ0v) is 20.2. The van der Waals surface area contributed by atoms with Crippen molar-refractivity contribution < 1.29 is 19.4 Å². The van der Waals surface area contributed by atoms with Gasteiger partial charge in [0.15, 0.2) is 0 Å². The van der Waals surface area contributed by atoms with Gasteiger partial charge in [0.2, 0.25) is 0 Å². The number of aryl methyl sites for hydroxylation is 1. The fraction of sp³-hybridized carbons (Fsp3) is 0.680. The van der Waals surface area contributed by atoms with Gasteiger partial charge in [-0.2, -0.15) is 0 Å². The first-order chi connectivity index (χ1) is 15.4. The van der Waals surface area contributed by atoms with Crippen molar-refractivity contribution in [3.63, 3.8) is 0 Å². The standard InChI is InChI=1S/C25H41N3O4/c1-5-10-28(11-6-2)25(31)20-14-18(4)13-19(15-20)24(30)27-17-23(29)22-16-21(8-9-26-22)32-12-7-3/h13-15,21-23,26,29H,5-12,16-17H2,1-4H3,(H,27,30)/t21-,22+,23-/m0/s1. The summed E-state index contributed by atoms with van der Waals surface area (Å²) in [6.07, 6.45) is 3.86. The monoisotopic (exact) mass is 447 g/mol. The number of aliphatic hydroxyl groups excluding tert-OH is 1. The Balaban J connectivity index is 1.98. The molecule has 0 spiro atoms. The Morgan fingerprint density at radius 1 is 1.16 bits per heavy atom. The van der Waals surface area contributed by atoms with E-state index in [4.69, 9.17) is 4.74 Å². The molecule has 1 heterocycles. The molecule has 3 N–H and O–H groups in total. The summed E-state index contributed by atoms with van der Waals surface area (Å²) in [5, 5.41) is 16.8. The van der Waals surface area contributed by atoms with Crippen LogP contribution in [0.3, 0.4) is 0 Å². The summed E-state index contributed by atoms with van der Waals surface area (Å²) in [6.45, 7) is 11.1. The van der Waals surface area contributed by atoms with Crippen LogP contribution in [0.2, 0.25) is 0 Å². The molecule has 0 unspecified atom stereocenters. The molecule has 0 radical (unpaired) electrons. The number of nitrogens with one attached hydrogen (secondary N) is 2. The van der Waals surface area contributed by atoms with Crippen molar-refractivity contribution in [1.82, 2.24) is 15.5 Å². The summed E-state index contributed by atoms with van der Waals surface area (Å²) in [5.41, 5.74) is 1.83. The predicted octanol–water partition coefficient (Wildman–Crippen LogP) is 2.90. The lowest BCUT2D eigenvalue weighted by Gasteiger charge is -2.33. The number of aliphatic hydroxyl groups is 1. The lowest BCUT2D eigenvalue weighted by molar-refractivity contribution is 0.000507. The summed E-state index contributed by atoms with van der Waals surface area (Å²) < 4.78 is 5.84. The van der Waals surface area contributed by atoms with Crippen LogP contribution < -0.4 is 10.6 Å². The highest BCUT2D eigenvalue weighted by Crippen LogP contribution is 2.16. The van der Waals surface area contributed by atoms with Gasteiger partial charge in [0.25, 0.3) is 11.8 Å². The molecule has 1 saturated heterocycles. The fourth-order valence-electron chi connectivity index (χ4n) is 4.16. The van der Waals surface area contributed by atoms with Gasteiger partial charge >= 0.3 is 0 Å². The number of rotatable bonds is 12. The van der Waals surface area contributed by atoms with Crippen molar-refractivity contribution >= 4 is 11.8 Å². The minimum absolute atomic E-state index is 0.0454. The third-order valence-electron chi connectivity index (χ3n) is 5.74. The molecule has 1 aliphatic heterocycles. The molecule has 180 valence electrons. The van der Waals surface area contributed by atoms with Crippen LogP contribution in [0.1, 0.15) is 79.2 Å². The van der Waals surface area contributed by atoms with Gasteiger partial charge < -0.3 is 25.4 Å². The quantitative estimate of drug-likeness (QED) is 0.458. The second kappa shape index (κ2) is 13.6. The lowest BCUT2D eigenvalue weighted by atomic mass is 9.97. The molecule has 0 aliphatic carbocycles. The fourth-order valence-corrected chi connectivity index (χ4v) is 4.16. The van der Waals surface area contributed by atoms with Gasteiger partial charge in [-0.3, -0.25) is 9.59 Å². The van der Waals surface area contributed by atoms with Crippen molar-refractivity contribution in [1.29, 1.82) is 0 Å². The second-order valence-corrected chi connectivity index (χ2v) is 8.74. The number of amides is 2. The Morgan fingerprint density at radius 3 is 2.50 bits per heavy atom. The summed E-state index contributed by atoms with van der Waals surface area (Å²) in [6, 6.07) is 5.14. The largest absolute Gasteiger partial charge is 0.390 e. The highest BCUT2D eigenvalue weighted by Gasteiger charge is 2.28. The normalized spacial score (nSPS) is 19.4. The van der Waals surface area contributed by atoms with Crippen LogP contribution >= 0.6 is 0 Å². The number of hydrogen-bond acceptors (Lipinski definition) is 5. The van der Waals surface area contributed by atoms with E-state index in [0.717, 1.165) is 50.8 Å². The molecule has 7 nitrogen and oxygen atoms in total. The Hall–Kier alpha value is -1.96. The van der Waals surface area contributed by atoms with Gasteiger partial charge in [-0.1, -0.05) is 20.8 Å². The second-order valence-electron chi connectivity index (χ2n) is 8.74. The average Bonchev–Trinajstić information content (AvgIpc) is 2.80. The molecular formula is C25H41N3O4. The van der Waals surface area contributed by atoms with Crippen LogP contribution in [0.5, 0.6) is 0 Å². The number of carbonyl (C=O) groups is 2. The third-order valence-corrected chi connectivity index (χ3v) is 5.74. The van der Waals surface area contributed by atoms with Gasteiger partial charge in [0.05, 0.1) is 12.2 Å². The molecule has 2 rings (SSSR count). The van der Waals surface area contributed by atoms with Crippen molar-refractivity contribution in [2.45, 2.75) is 78.0 Å². The van der Waals surface area contributed by atoms with E-state index < -0.39 is 6.10 Å². The van der Waals surface area contributed by atoms with E-state index in [9.17, 15) is 14.7 Å². The van der Waals surface area contributed by atoms with Crippen LogP contribution in [0.4, 0.5) is 0 Å². The molecule has 0 saturated carbocycles.